The first-order valence-electron chi connectivity index (χ1n) is 7.01. The van der Waals surface area contributed by atoms with Crippen LogP contribution in [0.25, 0.3) is 0 Å². The molecule has 2 aromatic rings. The molecule has 0 saturated carbocycles. The van der Waals surface area contributed by atoms with Gasteiger partial charge in [0.15, 0.2) is 5.78 Å². The highest BCUT2D eigenvalue weighted by Crippen LogP contribution is 2.18. The number of aromatic hydroxyl groups is 1. The third-order valence-electron chi connectivity index (χ3n) is 3.49. The van der Waals surface area contributed by atoms with Crippen LogP contribution in [0, 0.1) is 5.92 Å². The van der Waals surface area contributed by atoms with Crippen LogP contribution in [0.3, 0.4) is 0 Å². The molecule has 4 nitrogen and oxygen atoms in total. The number of hydrogen-bond donors (Lipinski definition) is 1. The standard InChI is InChI=1S/C18H18O4/c1-12(17(20)14-6-8-16(19)9-7-14)10-13-4-3-5-15(11-13)18(21)22-2/h3-9,11-12,19H,10H2,1-2H3. The second-order valence-corrected chi connectivity index (χ2v) is 5.21. The van der Waals surface area contributed by atoms with Crippen molar-refractivity contribution in [3.63, 3.8) is 0 Å². The van der Waals surface area contributed by atoms with Gasteiger partial charge in [-0.05, 0) is 48.4 Å². The SMILES string of the molecule is COC(=O)c1cccc(CC(C)C(=O)c2ccc(O)cc2)c1. The van der Waals surface area contributed by atoms with Gasteiger partial charge < -0.3 is 9.84 Å². The molecule has 4 heteroatoms. The van der Waals surface area contributed by atoms with Crippen molar-refractivity contribution in [1.82, 2.24) is 0 Å². The Bertz CT molecular complexity index is 674. The van der Waals surface area contributed by atoms with Crippen molar-refractivity contribution in [1.29, 1.82) is 0 Å². The first kappa shape index (κ1) is 15.8. The molecule has 114 valence electrons. The lowest BCUT2D eigenvalue weighted by Gasteiger charge is -2.11. The lowest BCUT2D eigenvalue weighted by molar-refractivity contribution is 0.0600. The van der Waals surface area contributed by atoms with E-state index >= 15 is 0 Å². The molecule has 0 amide bonds. The molecule has 1 atom stereocenters. The maximum atomic E-state index is 12.4. The highest BCUT2D eigenvalue weighted by molar-refractivity contribution is 5.98. The average Bonchev–Trinajstić information content (AvgIpc) is 2.54. The van der Waals surface area contributed by atoms with Crippen LogP contribution in [0.15, 0.2) is 48.5 Å². The van der Waals surface area contributed by atoms with Gasteiger partial charge in [0.05, 0.1) is 12.7 Å². The number of Topliss-reactive ketones (excluding diaryl/α,β-unsaturated/α-hetero) is 1. The Morgan fingerprint density at radius 1 is 1.09 bits per heavy atom. The van der Waals surface area contributed by atoms with Gasteiger partial charge in [0.2, 0.25) is 0 Å². The molecule has 0 bridgehead atoms. The van der Waals surface area contributed by atoms with Gasteiger partial charge in [-0.2, -0.15) is 0 Å². The third kappa shape index (κ3) is 3.73. The van der Waals surface area contributed by atoms with Crippen LogP contribution in [0.1, 0.15) is 33.2 Å². The minimum absolute atomic E-state index is 0.00321. The molecule has 0 aromatic heterocycles. The minimum atomic E-state index is -0.389. The Labute approximate surface area is 129 Å². The zero-order valence-electron chi connectivity index (χ0n) is 12.6. The van der Waals surface area contributed by atoms with Crippen molar-refractivity contribution in [3.8, 4) is 5.75 Å². The molecule has 1 N–H and O–H groups in total. The third-order valence-corrected chi connectivity index (χ3v) is 3.49. The minimum Gasteiger partial charge on any atom is -0.508 e. The number of carbonyl (C=O) groups excluding carboxylic acids is 2. The van der Waals surface area contributed by atoms with Gasteiger partial charge >= 0.3 is 5.97 Å². The van der Waals surface area contributed by atoms with Crippen LogP contribution >= 0.6 is 0 Å². The number of rotatable bonds is 5. The van der Waals surface area contributed by atoms with E-state index in [4.69, 9.17) is 4.74 Å². The van der Waals surface area contributed by atoms with E-state index < -0.39 is 0 Å². The van der Waals surface area contributed by atoms with E-state index in [-0.39, 0.29) is 23.4 Å². The van der Waals surface area contributed by atoms with E-state index in [2.05, 4.69) is 0 Å². The Kier molecular flexibility index (Phi) is 4.94. The summed E-state index contributed by atoms with van der Waals surface area (Å²) in [4.78, 5) is 23.9. The Morgan fingerprint density at radius 3 is 2.41 bits per heavy atom. The first-order valence-corrected chi connectivity index (χ1v) is 7.01. The normalized spacial score (nSPS) is 11.7. The van der Waals surface area contributed by atoms with Crippen molar-refractivity contribution in [3.05, 3.63) is 65.2 Å². The second-order valence-electron chi connectivity index (χ2n) is 5.21. The van der Waals surface area contributed by atoms with E-state index in [0.29, 0.717) is 17.5 Å². The number of phenolic OH excluding ortho intramolecular Hbond substituents is 1. The van der Waals surface area contributed by atoms with Crippen molar-refractivity contribution in [2.45, 2.75) is 13.3 Å². The van der Waals surface area contributed by atoms with Gasteiger partial charge in [-0.1, -0.05) is 19.1 Å². The van der Waals surface area contributed by atoms with Crippen LogP contribution in [0.5, 0.6) is 5.75 Å². The molecular weight excluding hydrogens is 280 g/mol. The smallest absolute Gasteiger partial charge is 0.337 e. The highest BCUT2D eigenvalue weighted by Gasteiger charge is 2.16. The maximum absolute atomic E-state index is 12.4. The van der Waals surface area contributed by atoms with Crippen LogP contribution in [0.4, 0.5) is 0 Å². The summed E-state index contributed by atoms with van der Waals surface area (Å²) in [6.45, 7) is 1.85. The molecule has 0 saturated heterocycles. The number of esters is 1. The van der Waals surface area contributed by atoms with Gasteiger partial charge in [-0.15, -0.1) is 0 Å². The Hall–Kier alpha value is -2.62. The highest BCUT2D eigenvalue weighted by atomic mass is 16.5. The first-order chi connectivity index (χ1) is 10.5. The van der Waals surface area contributed by atoms with Crippen LogP contribution in [0.2, 0.25) is 0 Å². The molecule has 22 heavy (non-hydrogen) atoms. The molecule has 1 unspecified atom stereocenters. The zero-order chi connectivity index (χ0) is 16.1. The quantitative estimate of drug-likeness (QED) is 0.680. The largest absolute Gasteiger partial charge is 0.508 e. The summed E-state index contributed by atoms with van der Waals surface area (Å²) in [5.41, 5.74) is 1.95. The van der Waals surface area contributed by atoms with Gasteiger partial charge in [0.25, 0.3) is 0 Å². The summed E-state index contributed by atoms with van der Waals surface area (Å²) in [7, 11) is 1.34. The number of hydrogen-bond acceptors (Lipinski definition) is 4. The molecular formula is C18H18O4. The van der Waals surface area contributed by atoms with Gasteiger partial charge in [-0.3, -0.25) is 4.79 Å². The number of ether oxygens (including phenoxy) is 1. The molecule has 0 spiro atoms. The fourth-order valence-electron chi connectivity index (χ4n) is 2.30. The summed E-state index contributed by atoms with van der Waals surface area (Å²) >= 11 is 0. The number of ketones is 1. The Balaban J connectivity index is 2.11. The van der Waals surface area contributed by atoms with E-state index in [0.717, 1.165) is 5.56 Å². The summed E-state index contributed by atoms with van der Waals surface area (Å²) in [5.74, 6) is -0.477. The number of benzene rings is 2. The fourth-order valence-corrected chi connectivity index (χ4v) is 2.30. The number of carbonyl (C=O) groups is 2. The van der Waals surface area contributed by atoms with E-state index in [1.807, 2.05) is 13.0 Å². The van der Waals surface area contributed by atoms with E-state index in [1.54, 1.807) is 30.3 Å². The molecule has 0 radical (unpaired) electrons. The lowest BCUT2D eigenvalue weighted by Crippen LogP contribution is -2.14. The molecule has 0 heterocycles. The second kappa shape index (κ2) is 6.89. The van der Waals surface area contributed by atoms with E-state index in [9.17, 15) is 14.7 Å². The van der Waals surface area contributed by atoms with Crippen LogP contribution in [-0.2, 0) is 11.2 Å². The molecule has 0 aliphatic heterocycles. The zero-order valence-corrected chi connectivity index (χ0v) is 12.6. The summed E-state index contributed by atoms with van der Waals surface area (Å²) < 4.78 is 4.69. The fraction of sp³-hybridized carbons (Fsp3) is 0.222. The topological polar surface area (TPSA) is 63.6 Å². The van der Waals surface area contributed by atoms with Crippen LogP contribution < -0.4 is 0 Å². The van der Waals surface area contributed by atoms with Crippen molar-refractivity contribution in [2.75, 3.05) is 7.11 Å². The predicted molar refractivity (Wildman–Crippen MR) is 83.1 cm³/mol. The monoisotopic (exact) mass is 298 g/mol. The molecule has 0 aliphatic rings. The molecule has 0 fully saturated rings. The summed E-state index contributed by atoms with van der Waals surface area (Å²) in [6.07, 6.45) is 0.532. The van der Waals surface area contributed by atoms with Crippen molar-refractivity contribution < 1.29 is 19.4 Å². The van der Waals surface area contributed by atoms with Gasteiger partial charge in [0.1, 0.15) is 5.75 Å². The number of methoxy groups -OCH3 is 1. The van der Waals surface area contributed by atoms with Crippen molar-refractivity contribution >= 4 is 11.8 Å². The lowest BCUT2D eigenvalue weighted by atomic mass is 9.92. The van der Waals surface area contributed by atoms with Gasteiger partial charge in [-0.25, -0.2) is 4.79 Å². The summed E-state index contributed by atoms with van der Waals surface area (Å²) in [6, 6.07) is 13.3. The molecule has 2 rings (SSSR count). The maximum Gasteiger partial charge on any atom is 0.337 e. The van der Waals surface area contributed by atoms with Crippen molar-refractivity contribution in [2.24, 2.45) is 5.92 Å². The number of phenols is 1. The van der Waals surface area contributed by atoms with E-state index in [1.165, 1.54) is 19.2 Å². The average molecular weight is 298 g/mol. The molecule has 2 aromatic carbocycles. The predicted octanol–water partition coefficient (Wildman–Crippen LogP) is 3.24. The van der Waals surface area contributed by atoms with Crippen LogP contribution in [-0.4, -0.2) is 24.0 Å². The molecule has 0 aliphatic carbocycles. The van der Waals surface area contributed by atoms with Gasteiger partial charge in [0, 0.05) is 11.5 Å². The Morgan fingerprint density at radius 2 is 1.77 bits per heavy atom. The summed E-state index contributed by atoms with van der Waals surface area (Å²) in [5, 5.41) is 9.26.